The van der Waals surface area contributed by atoms with Gasteiger partial charge in [-0.25, -0.2) is 0 Å². The molecule has 0 aromatic heterocycles. The second-order valence-corrected chi connectivity index (χ2v) is 10.7. The van der Waals surface area contributed by atoms with Crippen LogP contribution in [0.1, 0.15) is 27.2 Å². The Labute approximate surface area is 186 Å². The molecule has 1 saturated carbocycles. The number of amides is 2. The number of likely N-dealkylation sites (tertiary alicyclic amines) is 1. The third-order valence-corrected chi connectivity index (χ3v) is 7.62. The summed E-state index contributed by atoms with van der Waals surface area (Å²) in [5.74, 6) is 1.28. The van der Waals surface area contributed by atoms with Crippen molar-refractivity contribution in [3.05, 3.63) is 12.2 Å². The Kier molecular flexibility index (Phi) is 7.69. The number of halogens is 1. The van der Waals surface area contributed by atoms with Crippen LogP contribution in [0.4, 0.5) is 0 Å². The second-order valence-electron chi connectivity index (χ2n) is 8.42. The lowest BCUT2D eigenvalue weighted by Gasteiger charge is -2.20. The van der Waals surface area contributed by atoms with Gasteiger partial charge in [-0.2, -0.15) is 0 Å². The fourth-order valence-electron chi connectivity index (χ4n) is 4.26. The van der Waals surface area contributed by atoms with Crippen LogP contribution < -0.4 is 10.6 Å². The number of rotatable bonds is 6. The average molecular weight is 522 g/mol. The molecule has 2 N–H and O–H groups in total. The molecule has 0 spiro atoms. The maximum Gasteiger partial charge on any atom is 0.233 e. The molecule has 28 heavy (non-hydrogen) atoms. The van der Waals surface area contributed by atoms with Crippen molar-refractivity contribution in [2.75, 3.05) is 32.4 Å². The van der Waals surface area contributed by atoms with Crippen molar-refractivity contribution in [1.82, 2.24) is 15.5 Å². The summed E-state index contributed by atoms with van der Waals surface area (Å²) in [6.45, 7) is 7.21. The van der Waals surface area contributed by atoms with Gasteiger partial charge < -0.3 is 10.6 Å². The van der Waals surface area contributed by atoms with Crippen molar-refractivity contribution >= 4 is 52.6 Å². The lowest BCUT2D eigenvalue weighted by molar-refractivity contribution is -0.140. The number of hydrogen-bond donors (Lipinski definition) is 2. The van der Waals surface area contributed by atoms with Crippen molar-refractivity contribution in [2.45, 2.75) is 31.9 Å². The number of nitrogens with zero attached hydrogens (tertiary/aromatic N) is 2. The zero-order valence-corrected chi connectivity index (χ0v) is 20.1. The topological polar surface area (TPSA) is 90.9 Å². The Morgan fingerprint density at radius 3 is 2.18 bits per heavy atom. The van der Waals surface area contributed by atoms with E-state index in [0.717, 1.165) is 6.42 Å². The predicted molar refractivity (Wildman–Crippen MR) is 122 cm³/mol. The Hall–Kier alpha value is -0.970. The van der Waals surface area contributed by atoms with Crippen LogP contribution in [-0.4, -0.2) is 64.1 Å². The second kappa shape index (κ2) is 9.23. The molecular formula is C19H31IN4O3S. The highest BCUT2D eigenvalue weighted by atomic mass is 127. The summed E-state index contributed by atoms with van der Waals surface area (Å²) in [4.78, 5) is 30.8. The molecule has 0 aromatic carbocycles. The first-order valence-electron chi connectivity index (χ1n) is 9.60. The van der Waals surface area contributed by atoms with Crippen LogP contribution in [0.25, 0.3) is 0 Å². The average Bonchev–Trinajstić information content (AvgIpc) is 3.28. The monoisotopic (exact) mass is 522 g/mol. The molecule has 5 unspecified atom stereocenters. The van der Waals surface area contributed by atoms with Gasteiger partial charge in [-0.3, -0.25) is 23.7 Å². The minimum Gasteiger partial charge on any atom is -0.355 e. The minimum absolute atomic E-state index is 0. The van der Waals surface area contributed by atoms with Gasteiger partial charge in [0.05, 0.1) is 11.8 Å². The summed E-state index contributed by atoms with van der Waals surface area (Å²) in [7, 11) is 0.737. The smallest absolute Gasteiger partial charge is 0.233 e. The number of aliphatic imine (C=N–C) groups is 1. The molecule has 5 atom stereocenters. The van der Waals surface area contributed by atoms with E-state index < -0.39 is 10.8 Å². The molecule has 158 valence electrons. The molecule has 7 nitrogen and oxygen atoms in total. The summed E-state index contributed by atoms with van der Waals surface area (Å²) in [6.07, 6.45) is 5.16. The quantitative estimate of drug-likeness (QED) is 0.180. The Morgan fingerprint density at radius 1 is 1.14 bits per heavy atom. The van der Waals surface area contributed by atoms with E-state index in [9.17, 15) is 13.8 Å². The van der Waals surface area contributed by atoms with E-state index in [1.807, 2.05) is 20.8 Å². The molecular weight excluding hydrogens is 491 g/mol. The van der Waals surface area contributed by atoms with Crippen LogP contribution in [0.3, 0.4) is 0 Å². The van der Waals surface area contributed by atoms with Gasteiger partial charge in [0, 0.05) is 48.0 Å². The fraction of sp³-hybridized carbons (Fsp3) is 0.737. The maximum absolute atomic E-state index is 12.6. The maximum atomic E-state index is 12.6. The van der Waals surface area contributed by atoms with E-state index in [1.54, 1.807) is 7.05 Å². The molecule has 3 aliphatic rings. The summed E-state index contributed by atoms with van der Waals surface area (Å²) in [6, 6.07) is 0. The van der Waals surface area contributed by atoms with Crippen molar-refractivity contribution in [3.8, 4) is 0 Å². The van der Waals surface area contributed by atoms with Gasteiger partial charge >= 0.3 is 0 Å². The number of fused-ring (bicyclic) bond motifs is 5. The van der Waals surface area contributed by atoms with Crippen molar-refractivity contribution in [2.24, 2.45) is 28.7 Å². The molecule has 0 aromatic rings. The van der Waals surface area contributed by atoms with Crippen molar-refractivity contribution in [3.63, 3.8) is 0 Å². The fourth-order valence-corrected chi connectivity index (χ4v) is 5.16. The lowest BCUT2D eigenvalue weighted by Crippen LogP contribution is -2.44. The first kappa shape index (κ1) is 23.3. The van der Waals surface area contributed by atoms with Crippen LogP contribution >= 0.6 is 24.0 Å². The molecule has 0 radical (unpaired) electrons. The number of carbonyl (C=O) groups is 2. The number of nitrogens with one attached hydrogen (secondary N) is 2. The standard InChI is InChI=1S/C19H30N4O3S.HI/c1-19(2,3)27(26)10-8-22-18(20-4)21-7-9-23-16(24)14-12-5-6-13(11-12)15(14)17(23)25;/h5-6,12-15H,7-11H2,1-4H3,(H2,20,21,22);1H. The van der Waals surface area contributed by atoms with E-state index >= 15 is 0 Å². The molecule has 2 fully saturated rings. The van der Waals surface area contributed by atoms with Crippen molar-refractivity contribution in [1.29, 1.82) is 0 Å². The third kappa shape index (κ3) is 4.60. The Morgan fingerprint density at radius 2 is 1.68 bits per heavy atom. The molecule has 9 heteroatoms. The third-order valence-electron chi connectivity index (χ3n) is 5.68. The Balaban J connectivity index is 0.00000280. The number of hydrogen-bond acceptors (Lipinski definition) is 4. The highest BCUT2D eigenvalue weighted by molar-refractivity contribution is 14.0. The first-order chi connectivity index (χ1) is 12.7. The zero-order valence-electron chi connectivity index (χ0n) is 16.9. The largest absolute Gasteiger partial charge is 0.355 e. The summed E-state index contributed by atoms with van der Waals surface area (Å²) < 4.78 is 11.8. The van der Waals surface area contributed by atoms with E-state index in [0.29, 0.717) is 31.3 Å². The zero-order chi connectivity index (χ0) is 19.8. The molecule has 2 aliphatic carbocycles. The summed E-state index contributed by atoms with van der Waals surface area (Å²) >= 11 is 0. The van der Waals surface area contributed by atoms with Gasteiger partial charge in [0.1, 0.15) is 0 Å². The summed E-state index contributed by atoms with van der Waals surface area (Å²) in [5, 5.41) is 6.26. The van der Waals surface area contributed by atoms with Gasteiger partial charge in [0.2, 0.25) is 11.8 Å². The van der Waals surface area contributed by atoms with E-state index in [1.165, 1.54) is 4.90 Å². The van der Waals surface area contributed by atoms with Gasteiger partial charge in [-0.15, -0.1) is 24.0 Å². The first-order valence-corrected chi connectivity index (χ1v) is 10.9. The molecule has 1 saturated heterocycles. The normalized spacial score (nSPS) is 29.7. The van der Waals surface area contributed by atoms with E-state index in [2.05, 4.69) is 27.8 Å². The predicted octanol–water partition coefficient (Wildman–Crippen LogP) is 1.12. The van der Waals surface area contributed by atoms with Crippen LogP contribution in [0.2, 0.25) is 0 Å². The van der Waals surface area contributed by atoms with Crippen LogP contribution in [0.5, 0.6) is 0 Å². The highest BCUT2D eigenvalue weighted by Gasteiger charge is 2.58. The van der Waals surface area contributed by atoms with Gasteiger partial charge in [-0.05, 0) is 39.0 Å². The van der Waals surface area contributed by atoms with E-state index in [4.69, 9.17) is 0 Å². The number of allylic oxidation sites excluding steroid dienone is 2. The Bertz CT molecular complexity index is 674. The van der Waals surface area contributed by atoms with Crippen molar-refractivity contribution < 1.29 is 13.8 Å². The molecule has 3 rings (SSSR count). The summed E-state index contributed by atoms with van der Waals surface area (Å²) in [5.41, 5.74) is 0. The lowest BCUT2D eigenvalue weighted by atomic mass is 9.85. The number of imide groups is 1. The van der Waals surface area contributed by atoms with Gasteiger partial charge in [0.25, 0.3) is 0 Å². The molecule has 1 aliphatic heterocycles. The minimum atomic E-state index is -0.925. The SMILES string of the molecule is CN=C(NCCN1C(=O)C2C3C=CC(C3)C2C1=O)NCCS(=O)C(C)(C)C.I. The number of guanidine groups is 1. The molecule has 1 heterocycles. The van der Waals surface area contributed by atoms with E-state index in [-0.39, 0.29) is 64.2 Å². The van der Waals surface area contributed by atoms with Crippen LogP contribution in [-0.2, 0) is 20.4 Å². The van der Waals surface area contributed by atoms with Crippen LogP contribution in [0, 0.1) is 23.7 Å². The van der Waals surface area contributed by atoms with Crippen LogP contribution in [0.15, 0.2) is 17.1 Å². The highest BCUT2D eigenvalue weighted by Crippen LogP contribution is 2.52. The molecule has 2 bridgehead atoms. The van der Waals surface area contributed by atoms with Gasteiger partial charge in [0.15, 0.2) is 5.96 Å². The number of carbonyl (C=O) groups excluding carboxylic acids is 2. The van der Waals surface area contributed by atoms with Gasteiger partial charge in [-0.1, -0.05) is 12.2 Å². The molecule has 2 amide bonds.